The smallest absolute Gasteiger partial charge is 0.134 e. The number of aliphatic imine (C=N–C) groups is 1. The van der Waals surface area contributed by atoms with E-state index < -0.39 is 0 Å². The Kier molecular flexibility index (Phi) is 6.36. The summed E-state index contributed by atoms with van der Waals surface area (Å²) < 4.78 is 6.74. The lowest BCUT2D eigenvalue weighted by Gasteiger charge is -2.09. The van der Waals surface area contributed by atoms with Gasteiger partial charge in [-0.3, -0.25) is 4.99 Å². The molecule has 0 aliphatic rings. The first-order valence-corrected chi connectivity index (χ1v) is 9.53. The fourth-order valence-electron chi connectivity index (χ4n) is 2.32. The third-order valence-electron chi connectivity index (χ3n) is 3.79. The molecule has 0 amide bonds. The van der Waals surface area contributed by atoms with Crippen molar-refractivity contribution in [1.29, 1.82) is 0 Å². The van der Waals surface area contributed by atoms with Crippen LogP contribution in [0.3, 0.4) is 0 Å². The minimum atomic E-state index is 0.477. The van der Waals surface area contributed by atoms with Crippen LogP contribution in [0, 0.1) is 6.92 Å². The van der Waals surface area contributed by atoms with E-state index in [2.05, 4.69) is 20.9 Å². The molecule has 0 N–H and O–H groups in total. The Morgan fingerprint density at radius 1 is 0.962 bits per heavy atom. The van der Waals surface area contributed by atoms with Crippen LogP contribution < -0.4 is 4.74 Å². The maximum Gasteiger partial charge on any atom is 0.134 e. The summed E-state index contributed by atoms with van der Waals surface area (Å²) in [5, 5.41) is 1.39. The van der Waals surface area contributed by atoms with Gasteiger partial charge in [0.25, 0.3) is 0 Å². The normalized spacial score (nSPS) is 11.1. The molecule has 3 aromatic carbocycles. The highest BCUT2D eigenvalue weighted by atomic mass is 79.9. The van der Waals surface area contributed by atoms with Crippen LogP contribution in [0.1, 0.15) is 16.7 Å². The fraction of sp³-hybridized carbons (Fsp3) is 0.0952. The number of nitrogens with zero attached hydrogens (tertiary/aromatic N) is 1. The molecule has 26 heavy (non-hydrogen) atoms. The van der Waals surface area contributed by atoms with Gasteiger partial charge in [-0.2, -0.15) is 0 Å². The van der Waals surface area contributed by atoms with E-state index in [1.54, 1.807) is 0 Å². The number of hydrogen-bond donors (Lipinski definition) is 0. The maximum atomic E-state index is 6.03. The predicted octanol–water partition coefficient (Wildman–Crippen LogP) is 7.39. The molecule has 0 aromatic heterocycles. The number of hydrogen-bond acceptors (Lipinski definition) is 2. The molecule has 3 aromatic rings. The number of ether oxygens (including phenoxy) is 1. The van der Waals surface area contributed by atoms with Gasteiger partial charge in [-0.15, -0.1) is 0 Å². The van der Waals surface area contributed by atoms with E-state index >= 15 is 0 Å². The summed E-state index contributed by atoms with van der Waals surface area (Å²) in [6.45, 7) is 2.48. The molecule has 0 fully saturated rings. The second kappa shape index (κ2) is 8.72. The molecule has 0 aliphatic carbocycles. The summed E-state index contributed by atoms with van der Waals surface area (Å²) in [5.74, 6) is 0.774. The molecular formula is C21H16BrCl2NO. The minimum Gasteiger partial charge on any atom is -0.488 e. The van der Waals surface area contributed by atoms with Gasteiger partial charge in [0.15, 0.2) is 0 Å². The molecule has 0 unspecified atom stereocenters. The van der Waals surface area contributed by atoms with Gasteiger partial charge in [-0.05, 0) is 82.0 Å². The largest absolute Gasteiger partial charge is 0.488 e. The third kappa shape index (κ3) is 5.10. The lowest BCUT2D eigenvalue weighted by Crippen LogP contribution is -1.96. The van der Waals surface area contributed by atoms with Crippen molar-refractivity contribution in [2.24, 2.45) is 4.99 Å². The summed E-state index contributed by atoms with van der Waals surface area (Å²) in [6, 6.07) is 19.1. The van der Waals surface area contributed by atoms with Crippen molar-refractivity contribution in [3.05, 3.63) is 91.9 Å². The first kappa shape index (κ1) is 19.0. The van der Waals surface area contributed by atoms with Gasteiger partial charge in [-0.25, -0.2) is 0 Å². The Labute approximate surface area is 171 Å². The summed E-state index contributed by atoms with van der Waals surface area (Å²) in [6.07, 6.45) is 1.81. The number of aryl methyl sites for hydroxylation is 1. The Morgan fingerprint density at radius 2 is 1.69 bits per heavy atom. The lowest BCUT2D eigenvalue weighted by atomic mass is 10.2. The van der Waals surface area contributed by atoms with Crippen LogP contribution in [0.15, 0.2) is 70.1 Å². The standard InChI is InChI=1S/C21H16BrCl2NO/c1-14-2-6-18(24)11-20(14)25-12-16-5-9-21(19(22)10-16)26-13-15-3-7-17(23)8-4-15/h2-12H,13H2,1H3. The molecule has 0 saturated heterocycles. The monoisotopic (exact) mass is 447 g/mol. The van der Waals surface area contributed by atoms with E-state index in [1.165, 1.54) is 0 Å². The van der Waals surface area contributed by atoms with E-state index in [0.717, 1.165) is 32.6 Å². The molecule has 0 spiro atoms. The highest BCUT2D eigenvalue weighted by Crippen LogP contribution is 2.27. The van der Waals surface area contributed by atoms with Crippen LogP contribution in [-0.4, -0.2) is 6.21 Å². The van der Waals surface area contributed by atoms with Crippen LogP contribution in [0.4, 0.5) is 5.69 Å². The average molecular weight is 449 g/mol. The first-order valence-electron chi connectivity index (χ1n) is 7.98. The SMILES string of the molecule is Cc1ccc(Cl)cc1N=Cc1ccc(OCc2ccc(Cl)cc2)c(Br)c1. The first-order chi connectivity index (χ1) is 12.5. The molecule has 3 rings (SSSR count). The molecule has 5 heteroatoms. The van der Waals surface area contributed by atoms with Crippen LogP contribution >= 0.6 is 39.1 Å². The van der Waals surface area contributed by atoms with Crippen LogP contribution in [-0.2, 0) is 6.61 Å². The number of halogens is 3. The van der Waals surface area contributed by atoms with Crippen molar-refractivity contribution in [3.63, 3.8) is 0 Å². The van der Waals surface area contributed by atoms with Gasteiger partial charge in [0.05, 0.1) is 10.2 Å². The molecule has 0 heterocycles. The molecule has 0 bridgehead atoms. The van der Waals surface area contributed by atoms with Crippen LogP contribution in [0.2, 0.25) is 10.0 Å². The maximum absolute atomic E-state index is 6.03. The molecule has 0 saturated carbocycles. The molecule has 0 radical (unpaired) electrons. The van der Waals surface area contributed by atoms with Gasteiger partial charge in [0.2, 0.25) is 0 Å². The van der Waals surface area contributed by atoms with E-state index in [9.17, 15) is 0 Å². The Morgan fingerprint density at radius 3 is 2.42 bits per heavy atom. The minimum absolute atomic E-state index is 0.477. The third-order valence-corrected chi connectivity index (χ3v) is 4.89. The Bertz CT molecular complexity index is 939. The molecule has 2 nitrogen and oxygen atoms in total. The molecule has 0 aliphatic heterocycles. The van der Waals surface area contributed by atoms with Crippen molar-refractivity contribution in [2.75, 3.05) is 0 Å². The quantitative estimate of drug-likeness (QED) is 0.372. The van der Waals surface area contributed by atoms with Crippen LogP contribution in [0.25, 0.3) is 0 Å². The highest BCUT2D eigenvalue weighted by Gasteiger charge is 2.03. The van der Waals surface area contributed by atoms with Crippen molar-refractivity contribution in [3.8, 4) is 5.75 Å². The zero-order valence-corrected chi connectivity index (χ0v) is 17.1. The zero-order chi connectivity index (χ0) is 18.5. The van der Waals surface area contributed by atoms with E-state index in [1.807, 2.05) is 73.8 Å². The summed E-state index contributed by atoms with van der Waals surface area (Å²) in [5.41, 5.74) is 3.96. The van der Waals surface area contributed by atoms with Crippen LogP contribution in [0.5, 0.6) is 5.75 Å². The Balaban J connectivity index is 1.69. The summed E-state index contributed by atoms with van der Waals surface area (Å²) >= 11 is 15.5. The fourth-order valence-corrected chi connectivity index (χ4v) is 3.13. The Hall–Kier alpha value is -1.81. The second-order valence-electron chi connectivity index (χ2n) is 5.79. The topological polar surface area (TPSA) is 21.6 Å². The van der Waals surface area contributed by atoms with E-state index in [0.29, 0.717) is 16.7 Å². The predicted molar refractivity (Wildman–Crippen MR) is 113 cm³/mol. The van der Waals surface area contributed by atoms with Crippen molar-refractivity contribution >= 4 is 51.0 Å². The molecule has 0 atom stereocenters. The van der Waals surface area contributed by atoms with E-state index in [4.69, 9.17) is 27.9 Å². The highest BCUT2D eigenvalue weighted by molar-refractivity contribution is 9.10. The van der Waals surface area contributed by atoms with Gasteiger partial charge in [0.1, 0.15) is 12.4 Å². The summed E-state index contributed by atoms with van der Waals surface area (Å²) in [7, 11) is 0. The van der Waals surface area contributed by atoms with Gasteiger partial charge in [-0.1, -0.05) is 41.4 Å². The second-order valence-corrected chi connectivity index (χ2v) is 7.52. The average Bonchev–Trinajstić information content (AvgIpc) is 2.63. The molecule has 132 valence electrons. The van der Waals surface area contributed by atoms with Crippen molar-refractivity contribution in [1.82, 2.24) is 0 Å². The van der Waals surface area contributed by atoms with E-state index in [-0.39, 0.29) is 0 Å². The van der Waals surface area contributed by atoms with Gasteiger partial charge in [0, 0.05) is 16.3 Å². The molecular weight excluding hydrogens is 433 g/mol. The van der Waals surface area contributed by atoms with Crippen molar-refractivity contribution in [2.45, 2.75) is 13.5 Å². The van der Waals surface area contributed by atoms with Gasteiger partial charge >= 0.3 is 0 Å². The van der Waals surface area contributed by atoms with Crippen molar-refractivity contribution < 1.29 is 4.74 Å². The number of rotatable bonds is 5. The lowest BCUT2D eigenvalue weighted by molar-refractivity contribution is 0.304. The number of benzene rings is 3. The summed E-state index contributed by atoms with van der Waals surface area (Å²) in [4.78, 5) is 4.53. The zero-order valence-electron chi connectivity index (χ0n) is 14.0. The van der Waals surface area contributed by atoms with Gasteiger partial charge < -0.3 is 4.74 Å².